The molecule has 7 heteroatoms. The lowest BCUT2D eigenvalue weighted by Crippen LogP contribution is -2.30. The van der Waals surface area contributed by atoms with Crippen molar-refractivity contribution in [2.45, 2.75) is 31.9 Å². The number of benzene rings is 1. The number of halogens is 1. The van der Waals surface area contributed by atoms with Crippen LogP contribution in [0.3, 0.4) is 0 Å². The Labute approximate surface area is 158 Å². The number of nitrogens with zero attached hydrogens (tertiary/aromatic N) is 4. The highest BCUT2D eigenvalue weighted by molar-refractivity contribution is 5.87. The Morgan fingerprint density at radius 3 is 2.70 bits per heavy atom. The average Bonchev–Trinajstić information content (AvgIpc) is 3.04. The van der Waals surface area contributed by atoms with Crippen molar-refractivity contribution in [1.82, 2.24) is 19.7 Å². The number of hydrogen-bond acceptors (Lipinski definition) is 5. The molecule has 27 heavy (non-hydrogen) atoms. The fourth-order valence-electron chi connectivity index (χ4n) is 3.44. The van der Waals surface area contributed by atoms with E-state index in [9.17, 15) is 4.39 Å². The standard InChI is InChI=1S/C20H25FN6/c1-13(15-6-4-3-5-7-15)10-23-20-25-18(22-11-14-8-16(21)9-14)17-12-24-27(2)19(17)26-20/h3-7,12-14,16H,8-11H2,1-2H3,(H2,22,23,25,26). The van der Waals surface area contributed by atoms with Crippen LogP contribution in [0.15, 0.2) is 36.5 Å². The third-order valence-electron chi connectivity index (χ3n) is 5.26. The van der Waals surface area contributed by atoms with Gasteiger partial charge in [0, 0.05) is 20.1 Å². The SMILES string of the molecule is CC(CNc1nc(NCC2CC(F)C2)c2cnn(C)c2n1)c1ccccc1. The lowest BCUT2D eigenvalue weighted by atomic mass is 9.83. The Morgan fingerprint density at radius 1 is 1.19 bits per heavy atom. The molecule has 0 radical (unpaired) electrons. The van der Waals surface area contributed by atoms with E-state index in [1.54, 1.807) is 10.9 Å². The van der Waals surface area contributed by atoms with Crippen LogP contribution in [-0.4, -0.2) is 39.0 Å². The number of aromatic nitrogens is 4. The molecule has 142 valence electrons. The molecule has 2 heterocycles. The minimum absolute atomic E-state index is 0.338. The summed E-state index contributed by atoms with van der Waals surface area (Å²) in [5.41, 5.74) is 2.05. The molecule has 0 aliphatic heterocycles. The largest absolute Gasteiger partial charge is 0.369 e. The van der Waals surface area contributed by atoms with Gasteiger partial charge in [-0.1, -0.05) is 37.3 Å². The lowest BCUT2D eigenvalue weighted by molar-refractivity contribution is 0.140. The number of fused-ring (bicyclic) bond motifs is 1. The summed E-state index contributed by atoms with van der Waals surface area (Å²) in [4.78, 5) is 9.26. The van der Waals surface area contributed by atoms with E-state index in [0.717, 1.165) is 29.9 Å². The van der Waals surface area contributed by atoms with E-state index in [0.29, 0.717) is 30.6 Å². The van der Waals surface area contributed by atoms with Crippen LogP contribution in [-0.2, 0) is 7.05 Å². The molecule has 3 aromatic rings. The van der Waals surface area contributed by atoms with E-state index in [1.807, 2.05) is 13.1 Å². The Hall–Kier alpha value is -2.70. The topological polar surface area (TPSA) is 67.7 Å². The molecule has 2 aromatic heterocycles. The molecule has 1 aromatic carbocycles. The summed E-state index contributed by atoms with van der Waals surface area (Å²) in [6.07, 6.45) is 2.40. The van der Waals surface area contributed by atoms with Gasteiger partial charge >= 0.3 is 0 Å². The summed E-state index contributed by atoms with van der Waals surface area (Å²) in [6, 6.07) is 10.4. The third-order valence-corrected chi connectivity index (χ3v) is 5.26. The Morgan fingerprint density at radius 2 is 1.96 bits per heavy atom. The first-order valence-electron chi connectivity index (χ1n) is 9.46. The van der Waals surface area contributed by atoms with E-state index in [2.05, 4.69) is 56.9 Å². The van der Waals surface area contributed by atoms with Gasteiger partial charge in [0.1, 0.15) is 12.0 Å². The molecule has 1 atom stereocenters. The van der Waals surface area contributed by atoms with E-state index in [4.69, 9.17) is 0 Å². The smallest absolute Gasteiger partial charge is 0.226 e. The normalized spacial score (nSPS) is 20.3. The van der Waals surface area contributed by atoms with Crippen molar-refractivity contribution in [3.8, 4) is 0 Å². The van der Waals surface area contributed by atoms with Crippen LogP contribution < -0.4 is 10.6 Å². The van der Waals surface area contributed by atoms with Gasteiger partial charge in [0.25, 0.3) is 0 Å². The van der Waals surface area contributed by atoms with Crippen LogP contribution >= 0.6 is 0 Å². The molecule has 1 aliphatic carbocycles. The quantitative estimate of drug-likeness (QED) is 0.665. The number of aryl methyl sites for hydroxylation is 1. The second-order valence-corrected chi connectivity index (χ2v) is 7.41. The summed E-state index contributed by atoms with van der Waals surface area (Å²) in [5, 5.41) is 11.9. The van der Waals surface area contributed by atoms with Crippen LogP contribution in [0.5, 0.6) is 0 Å². The minimum atomic E-state index is -0.641. The van der Waals surface area contributed by atoms with Crippen molar-refractivity contribution in [1.29, 1.82) is 0 Å². The van der Waals surface area contributed by atoms with Crippen molar-refractivity contribution >= 4 is 22.8 Å². The fraction of sp³-hybridized carbons (Fsp3) is 0.450. The third kappa shape index (κ3) is 3.86. The zero-order valence-corrected chi connectivity index (χ0v) is 15.7. The molecular weight excluding hydrogens is 343 g/mol. The van der Waals surface area contributed by atoms with Crippen molar-refractivity contribution < 1.29 is 4.39 Å². The number of rotatable bonds is 7. The molecule has 1 saturated carbocycles. The fourth-order valence-corrected chi connectivity index (χ4v) is 3.44. The maximum Gasteiger partial charge on any atom is 0.226 e. The van der Waals surface area contributed by atoms with Crippen LogP contribution in [0.4, 0.5) is 16.2 Å². The number of alkyl halides is 1. The van der Waals surface area contributed by atoms with Gasteiger partial charge in [-0.15, -0.1) is 0 Å². The summed E-state index contributed by atoms with van der Waals surface area (Å²) in [6.45, 7) is 3.63. The van der Waals surface area contributed by atoms with Gasteiger partial charge in [-0.05, 0) is 30.2 Å². The van der Waals surface area contributed by atoms with Gasteiger partial charge in [-0.2, -0.15) is 15.1 Å². The van der Waals surface area contributed by atoms with Gasteiger partial charge in [0.15, 0.2) is 5.65 Å². The highest BCUT2D eigenvalue weighted by atomic mass is 19.1. The van der Waals surface area contributed by atoms with Crippen LogP contribution in [0.25, 0.3) is 11.0 Å². The second kappa shape index (κ2) is 7.50. The average molecular weight is 368 g/mol. The summed E-state index contributed by atoms with van der Waals surface area (Å²) >= 11 is 0. The van der Waals surface area contributed by atoms with Gasteiger partial charge in [0.05, 0.1) is 11.6 Å². The summed E-state index contributed by atoms with van der Waals surface area (Å²) < 4.78 is 14.8. The molecule has 1 aliphatic rings. The molecule has 2 N–H and O–H groups in total. The maximum atomic E-state index is 13.1. The monoisotopic (exact) mass is 368 g/mol. The zero-order chi connectivity index (χ0) is 18.8. The number of hydrogen-bond donors (Lipinski definition) is 2. The molecule has 6 nitrogen and oxygen atoms in total. The first kappa shape index (κ1) is 17.7. The predicted molar refractivity (Wildman–Crippen MR) is 106 cm³/mol. The van der Waals surface area contributed by atoms with Crippen molar-refractivity contribution in [2.24, 2.45) is 13.0 Å². The van der Waals surface area contributed by atoms with Crippen molar-refractivity contribution in [3.63, 3.8) is 0 Å². The molecule has 4 rings (SSSR count). The van der Waals surface area contributed by atoms with E-state index in [-0.39, 0.29) is 0 Å². The first-order valence-corrected chi connectivity index (χ1v) is 9.46. The van der Waals surface area contributed by atoms with Gasteiger partial charge in [-0.3, -0.25) is 4.68 Å². The van der Waals surface area contributed by atoms with Crippen LogP contribution in [0, 0.1) is 5.92 Å². The molecule has 1 fully saturated rings. The van der Waals surface area contributed by atoms with E-state index < -0.39 is 6.17 Å². The predicted octanol–water partition coefficient (Wildman–Crippen LogP) is 3.74. The Bertz CT molecular complexity index is 903. The van der Waals surface area contributed by atoms with Crippen molar-refractivity contribution in [2.75, 3.05) is 23.7 Å². The highest BCUT2D eigenvalue weighted by Gasteiger charge is 2.28. The second-order valence-electron chi connectivity index (χ2n) is 7.41. The Balaban J connectivity index is 1.49. The van der Waals surface area contributed by atoms with E-state index in [1.165, 1.54) is 5.56 Å². The molecule has 0 bridgehead atoms. The molecular formula is C20H25FN6. The maximum absolute atomic E-state index is 13.1. The molecule has 0 saturated heterocycles. The lowest BCUT2D eigenvalue weighted by Gasteiger charge is -2.29. The first-order chi connectivity index (χ1) is 13.1. The summed E-state index contributed by atoms with van der Waals surface area (Å²) in [7, 11) is 1.87. The molecule has 0 spiro atoms. The molecule has 0 amide bonds. The van der Waals surface area contributed by atoms with Gasteiger partial charge < -0.3 is 10.6 Å². The van der Waals surface area contributed by atoms with Crippen LogP contribution in [0.1, 0.15) is 31.2 Å². The van der Waals surface area contributed by atoms with Gasteiger partial charge in [-0.25, -0.2) is 4.39 Å². The van der Waals surface area contributed by atoms with Gasteiger partial charge in [0.2, 0.25) is 5.95 Å². The zero-order valence-electron chi connectivity index (χ0n) is 15.7. The minimum Gasteiger partial charge on any atom is -0.369 e. The number of nitrogens with one attached hydrogen (secondary N) is 2. The summed E-state index contributed by atoms with van der Waals surface area (Å²) in [5.74, 6) is 2.04. The van der Waals surface area contributed by atoms with E-state index >= 15 is 0 Å². The Kier molecular flexibility index (Phi) is 4.92. The highest BCUT2D eigenvalue weighted by Crippen LogP contribution is 2.31. The van der Waals surface area contributed by atoms with Crippen LogP contribution in [0.2, 0.25) is 0 Å². The molecule has 1 unspecified atom stereocenters. The number of anilines is 2. The van der Waals surface area contributed by atoms with Crippen molar-refractivity contribution in [3.05, 3.63) is 42.1 Å².